The Kier molecular flexibility index (Phi) is 5.43. The van der Waals surface area contributed by atoms with E-state index in [1.807, 2.05) is 12.1 Å². The number of benzene rings is 1. The number of pyridine rings is 2. The summed E-state index contributed by atoms with van der Waals surface area (Å²) >= 11 is 13.4. The number of nitrogens with two attached hydrogens (primary N) is 1. The largest absolute Gasteiger partial charge is 0.495 e. The Hall–Kier alpha value is -2.48. The second-order valence-corrected chi connectivity index (χ2v) is 9.17. The van der Waals surface area contributed by atoms with Crippen LogP contribution in [0.1, 0.15) is 12.8 Å². The number of aromatic nitrogens is 2. The predicted octanol–water partition coefficient (Wildman–Crippen LogP) is 4.82. The van der Waals surface area contributed by atoms with Gasteiger partial charge in [-0.2, -0.15) is 0 Å². The van der Waals surface area contributed by atoms with Crippen LogP contribution in [0.2, 0.25) is 10.0 Å². The summed E-state index contributed by atoms with van der Waals surface area (Å²) in [5.41, 5.74) is 7.48. The lowest BCUT2D eigenvalue weighted by atomic mass is 9.73. The molecular formula is C23H24Cl2N4O3. The summed E-state index contributed by atoms with van der Waals surface area (Å²) in [6.45, 7) is 3.47. The molecule has 2 fully saturated rings. The summed E-state index contributed by atoms with van der Waals surface area (Å²) in [6, 6.07) is 5.45. The van der Waals surface area contributed by atoms with Crippen LogP contribution in [0.15, 0.2) is 24.4 Å². The second kappa shape index (κ2) is 8.14. The first-order chi connectivity index (χ1) is 15.4. The molecule has 1 aromatic carbocycles. The number of hydrogen-bond donors (Lipinski definition) is 1. The highest BCUT2D eigenvalue weighted by Gasteiger charge is 2.45. The molecule has 2 saturated heterocycles. The maximum absolute atomic E-state index is 6.68. The van der Waals surface area contributed by atoms with Gasteiger partial charge < -0.3 is 24.8 Å². The van der Waals surface area contributed by atoms with Crippen LogP contribution in [0.25, 0.3) is 22.0 Å². The molecule has 4 heterocycles. The number of halogens is 2. The maximum atomic E-state index is 6.68. The number of rotatable bonds is 4. The lowest BCUT2D eigenvalue weighted by Crippen LogP contribution is -2.58. The molecule has 2 aliphatic rings. The third-order valence-corrected chi connectivity index (χ3v) is 7.20. The van der Waals surface area contributed by atoms with Gasteiger partial charge in [0, 0.05) is 60.3 Å². The van der Waals surface area contributed by atoms with E-state index >= 15 is 0 Å². The molecule has 0 amide bonds. The highest BCUT2D eigenvalue weighted by Crippen LogP contribution is 2.48. The van der Waals surface area contributed by atoms with Crippen molar-refractivity contribution in [1.82, 2.24) is 9.97 Å². The summed E-state index contributed by atoms with van der Waals surface area (Å²) in [4.78, 5) is 11.6. The van der Waals surface area contributed by atoms with E-state index in [-0.39, 0.29) is 5.41 Å². The molecule has 1 spiro atoms. The average Bonchev–Trinajstić information content (AvgIpc) is 2.78. The molecule has 0 aliphatic carbocycles. The van der Waals surface area contributed by atoms with Crippen LogP contribution in [0.5, 0.6) is 11.5 Å². The molecule has 2 aliphatic heterocycles. The number of methoxy groups -OCH3 is 2. The van der Waals surface area contributed by atoms with Crippen LogP contribution < -0.4 is 20.1 Å². The Morgan fingerprint density at radius 3 is 2.31 bits per heavy atom. The van der Waals surface area contributed by atoms with Gasteiger partial charge in [0.15, 0.2) is 0 Å². The van der Waals surface area contributed by atoms with E-state index in [2.05, 4.69) is 9.88 Å². The topological polar surface area (TPSA) is 82.7 Å². The minimum Gasteiger partial charge on any atom is -0.495 e. The van der Waals surface area contributed by atoms with E-state index in [0.717, 1.165) is 55.7 Å². The van der Waals surface area contributed by atoms with Gasteiger partial charge in [0.25, 0.3) is 0 Å². The fourth-order valence-electron chi connectivity index (χ4n) is 4.66. The van der Waals surface area contributed by atoms with Gasteiger partial charge in [0.1, 0.15) is 23.1 Å². The Balaban J connectivity index is 1.66. The smallest absolute Gasteiger partial charge is 0.141 e. The van der Waals surface area contributed by atoms with Crippen molar-refractivity contribution >= 4 is 45.6 Å². The standard InChI is InChI=1S/C23H24Cl2N4O3/c1-30-16-9-17(31-2)21(25)19(20(16)24)15-7-13-10-27-18(26)8-14(13)22(28-15)29-11-23(12-29)3-5-32-6-4-23/h7-10H,3-6,11-12H2,1-2H3,(H2,26,27). The van der Waals surface area contributed by atoms with Crippen molar-refractivity contribution in [2.75, 3.05) is 51.2 Å². The van der Waals surface area contributed by atoms with Gasteiger partial charge in [-0.1, -0.05) is 23.2 Å². The van der Waals surface area contributed by atoms with Gasteiger partial charge in [0.2, 0.25) is 0 Å². The van der Waals surface area contributed by atoms with E-state index in [9.17, 15) is 0 Å². The van der Waals surface area contributed by atoms with Crippen LogP contribution in [0.4, 0.5) is 11.6 Å². The molecule has 168 valence electrons. The molecule has 2 aromatic heterocycles. The van der Waals surface area contributed by atoms with E-state index in [4.69, 9.17) is 48.1 Å². The molecule has 0 unspecified atom stereocenters. The third-order valence-electron chi connectivity index (χ3n) is 6.45. The zero-order valence-electron chi connectivity index (χ0n) is 18.0. The van der Waals surface area contributed by atoms with E-state index < -0.39 is 0 Å². The van der Waals surface area contributed by atoms with E-state index in [1.165, 1.54) is 0 Å². The molecule has 5 rings (SSSR count). The zero-order valence-corrected chi connectivity index (χ0v) is 19.5. The molecular weight excluding hydrogens is 451 g/mol. The molecule has 7 nitrogen and oxygen atoms in total. The Morgan fingerprint density at radius 1 is 1.03 bits per heavy atom. The summed E-state index contributed by atoms with van der Waals surface area (Å²) in [5, 5.41) is 2.61. The highest BCUT2D eigenvalue weighted by molar-refractivity contribution is 6.41. The summed E-state index contributed by atoms with van der Waals surface area (Å²) in [7, 11) is 3.11. The summed E-state index contributed by atoms with van der Waals surface area (Å²) in [6.07, 6.45) is 3.88. The fraction of sp³-hybridized carbons (Fsp3) is 0.391. The Bertz CT molecular complexity index is 1160. The number of fused-ring (bicyclic) bond motifs is 1. The quantitative estimate of drug-likeness (QED) is 0.579. The number of nitrogen functional groups attached to an aromatic ring is 1. The molecule has 2 N–H and O–H groups in total. The van der Waals surface area contributed by atoms with Crippen LogP contribution in [-0.2, 0) is 4.74 Å². The van der Waals surface area contributed by atoms with E-state index in [0.29, 0.717) is 38.6 Å². The first kappa shape index (κ1) is 21.4. The first-order valence-electron chi connectivity index (χ1n) is 10.4. The first-order valence-corrected chi connectivity index (χ1v) is 11.2. The molecule has 0 bridgehead atoms. The van der Waals surface area contributed by atoms with Crippen molar-refractivity contribution < 1.29 is 14.2 Å². The van der Waals surface area contributed by atoms with Crippen molar-refractivity contribution in [3.05, 3.63) is 34.4 Å². The van der Waals surface area contributed by atoms with Crippen molar-refractivity contribution in [3.8, 4) is 22.8 Å². The van der Waals surface area contributed by atoms with Gasteiger partial charge in [-0.25, -0.2) is 9.97 Å². The summed E-state index contributed by atoms with van der Waals surface area (Å²) < 4.78 is 16.4. The normalized spacial score (nSPS) is 17.4. The van der Waals surface area contributed by atoms with E-state index in [1.54, 1.807) is 26.5 Å². The van der Waals surface area contributed by atoms with Crippen molar-refractivity contribution in [3.63, 3.8) is 0 Å². The van der Waals surface area contributed by atoms with Gasteiger partial charge in [-0.3, -0.25) is 0 Å². The van der Waals surface area contributed by atoms with Crippen molar-refractivity contribution in [2.24, 2.45) is 5.41 Å². The van der Waals surface area contributed by atoms with Gasteiger partial charge in [-0.05, 0) is 25.0 Å². The lowest BCUT2D eigenvalue weighted by Gasteiger charge is -2.53. The fourth-order valence-corrected chi connectivity index (χ4v) is 5.35. The lowest BCUT2D eigenvalue weighted by molar-refractivity contribution is -0.000347. The predicted molar refractivity (Wildman–Crippen MR) is 127 cm³/mol. The molecule has 3 aromatic rings. The molecule has 9 heteroatoms. The molecule has 0 atom stereocenters. The van der Waals surface area contributed by atoms with Crippen LogP contribution in [0.3, 0.4) is 0 Å². The summed E-state index contributed by atoms with van der Waals surface area (Å²) in [5.74, 6) is 2.23. The van der Waals surface area contributed by atoms with Crippen LogP contribution in [0, 0.1) is 5.41 Å². The number of nitrogens with zero attached hydrogens (tertiary/aromatic N) is 3. The highest BCUT2D eigenvalue weighted by atomic mass is 35.5. The zero-order chi connectivity index (χ0) is 22.5. The monoisotopic (exact) mass is 474 g/mol. The van der Waals surface area contributed by atoms with Gasteiger partial charge >= 0.3 is 0 Å². The van der Waals surface area contributed by atoms with Crippen molar-refractivity contribution in [2.45, 2.75) is 12.8 Å². The third kappa shape index (κ3) is 3.49. The number of hydrogen-bond acceptors (Lipinski definition) is 7. The minimum absolute atomic E-state index is 0.287. The molecule has 0 radical (unpaired) electrons. The molecule has 32 heavy (non-hydrogen) atoms. The van der Waals surface area contributed by atoms with Crippen molar-refractivity contribution in [1.29, 1.82) is 0 Å². The Morgan fingerprint density at radius 2 is 1.69 bits per heavy atom. The average molecular weight is 475 g/mol. The Labute approximate surface area is 196 Å². The van der Waals surface area contributed by atoms with Gasteiger partial charge in [0.05, 0.1) is 30.0 Å². The SMILES string of the molecule is COc1cc(OC)c(Cl)c(-c2cc3cnc(N)cc3c(N3CC4(CCOCC4)C3)n2)c1Cl. The number of anilines is 2. The maximum Gasteiger partial charge on any atom is 0.141 e. The molecule has 0 saturated carbocycles. The van der Waals surface area contributed by atoms with Crippen LogP contribution >= 0.6 is 23.2 Å². The second-order valence-electron chi connectivity index (χ2n) is 8.41. The van der Waals surface area contributed by atoms with Gasteiger partial charge in [-0.15, -0.1) is 0 Å². The minimum atomic E-state index is 0.287. The number of ether oxygens (including phenoxy) is 3. The van der Waals surface area contributed by atoms with Crippen LogP contribution in [-0.4, -0.2) is 50.5 Å².